The second kappa shape index (κ2) is 5.08. The van der Waals surface area contributed by atoms with Gasteiger partial charge in [0, 0.05) is 10.7 Å². The molecular weight excluding hydrogens is 262 g/mol. The predicted molar refractivity (Wildman–Crippen MR) is 72.6 cm³/mol. The van der Waals surface area contributed by atoms with Crippen LogP contribution in [0.15, 0.2) is 58.0 Å². The highest BCUT2D eigenvalue weighted by Gasteiger charge is 1.94. The lowest BCUT2D eigenvalue weighted by Crippen LogP contribution is -1.82. The van der Waals surface area contributed by atoms with Crippen LogP contribution in [0.3, 0.4) is 0 Å². The van der Waals surface area contributed by atoms with Crippen LogP contribution in [-0.2, 0) is 0 Å². The number of hydrogen-bond donors (Lipinski definition) is 0. The van der Waals surface area contributed by atoms with Crippen molar-refractivity contribution >= 4 is 27.8 Å². The van der Waals surface area contributed by atoms with Crippen molar-refractivity contribution in [3.05, 3.63) is 64.1 Å². The molecule has 2 rings (SSSR count). The number of hydrogen-bond acceptors (Lipinski definition) is 1. The molecule has 0 amide bonds. The van der Waals surface area contributed by atoms with Crippen LogP contribution in [0, 0.1) is 6.92 Å². The topological polar surface area (TPSA) is 12.4 Å². The van der Waals surface area contributed by atoms with Gasteiger partial charge < -0.3 is 0 Å². The quantitative estimate of drug-likeness (QED) is 0.714. The van der Waals surface area contributed by atoms with Gasteiger partial charge in [-0.1, -0.05) is 46.3 Å². The van der Waals surface area contributed by atoms with E-state index in [0.29, 0.717) is 0 Å². The second-order valence-corrected chi connectivity index (χ2v) is 4.46. The first-order valence-corrected chi connectivity index (χ1v) is 5.90. The Balaban J connectivity index is 2.21. The van der Waals surface area contributed by atoms with Crippen LogP contribution in [0.4, 0.5) is 5.69 Å². The van der Waals surface area contributed by atoms with Gasteiger partial charge in [-0.15, -0.1) is 0 Å². The molecule has 0 spiro atoms. The molecule has 2 heteroatoms. The van der Waals surface area contributed by atoms with E-state index in [4.69, 9.17) is 0 Å². The number of benzene rings is 2. The summed E-state index contributed by atoms with van der Waals surface area (Å²) in [5.41, 5.74) is 3.30. The van der Waals surface area contributed by atoms with Gasteiger partial charge in [-0.2, -0.15) is 0 Å². The van der Waals surface area contributed by atoms with Gasteiger partial charge in [0.25, 0.3) is 0 Å². The van der Waals surface area contributed by atoms with Gasteiger partial charge >= 0.3 is 0 Å². The molecule has 2 aromatic carbocycles. The minimum absolute atomic E-state index is 0.971. The molecule has 16 heavy (non-hydrogen) atoms. The maximum Gasteiger partial charge on any atom is 0.0629 e. The molecule has 80 valence electrons. The van der Waals surface area contributed by atoms with Crippen LogP contribution in [0.5, 0.6) is 0 Å². The van der Waals surface area contributed by atoms with E-state index in [-0.39, 0.29) is 0 Å². The smallest absolute Gasteiger partial charge is 0.0629 e. The summed E-state index contributed by atoms with van der Waals surface area (Å²) in [6, 6.07) is 16.1. The van der Waals surface area contributed by atoms with Crippen LogP contribution in [0.2, 0.25) is 0 Å². The molecule has 1 nitrogen and oxygen atoms in total. The van der Waals surface area contributed by atoms with Gasteiger partial charge in [-0.25, -0.2) is 0 Å². The minimum Gasteiger partial charge on any atom is -0.256 e. The Morgan fingerprint density at radius 1 is 1.06 bits per heavy atom. The fourth-order valence-electron chi connectivity index (χ4n) is 1.35. The molecule has 0 N–H and O–H groups in total. The molecule has 0 unspecified atom stereocenters. The molecule has 0 aliphatic carbocycles. The third-order valence-electron chi connectivity index (χ3n) is 2.31. The van der Waals surface area contributed by atoms with Crippen molar-refractivity contribution in [1.82, 2.24) is 0 Å². The summed E-state index contributed by atoms with van der Waals surface area (Å²) in [6.45, 7) is 2.07. The first kappa shape index (κ1) is 11.1. The number of halogens is 1. The minimum atomic E-state index is 0.971. The van der Waals surface area contributed by atoms with E-state index >= 15 is 0 Å². The van der Waals surface area contributed by atoms with E-state index < -0.39 is 0 Å². The summed E-state index contributed by atoms with van der Waals surface area (Å²) >= 11 is 3.51. The van der Waals surface area contributed by atoms with Crippen molar-refractivity contribution in [1.29, 1.82) is 0 Å². The zero-order valence-electron chi connectivity index (χ0n) is 9.02. The summed E-state index contributed by atoms with van der Waals surface area (Å²) in [5, 5.41) is 0. The molecular formula is C14H12BrN. The van der Waals surface area contributed by atoms with Gasteiger partial charge in [0.05, 0.1) is 5.69 Å². The third-order valence-corrected chi connectivity index (χ3v) is 3.17. The number of rotatable bonds is 2. The van der Waals surface area contributed by atoms with E-state index in [9.17, 15) is 0 Å². The lowest BCUT2D eigenvalue weighted by molar-refractivity contribution is 1.42. The molecule has 0 radical (unpaired) electrons. The summed E-state index contributed by atoms with van der Waals surface area (Å²) in [4.78, 5) is 4.40. The van der Waals surface area contributed by atoms with Crippen LogP contribution in [0.1, 0.15) is 11.1 Å². The number of aryl methyl sites for hydroxylation is 1. The Morgan fingerprint density at radius 2 is 1.81 bits per heavy atom. The lowest BCUT2D eigenvalue weighted by atomic mass is 10.2. The van der Waals surface area contributed by atoms with E-state index in [0.717, 1.165) is 15.7 Å². The van der Waals surface area contributed by atoms with Gasteiger partial charge in [0.2, 0.25) is 0 Å². The third kappa shape index (κ3) is 2.80. The highest BCUT2D eigenvalue weighted by molar-refractivity contribution is 9.10. The van der Waals surface area contributed by atoms with Gasteiger partial charge in [-0.3, -0.25) is 4.99 Å². The zero-order chi connectivity index (χ0) is 11.4. The van der Waals surface area contributed by atoms with E-state index in [1.165, 1.54) is 5.56 Å². The SMILES string of the molecule is Cc1ccc(C=Nc2ccccc2)cc1Br. The monoisotopic (exact) mass is 273 g/mol. The predicted octanol–water partition coefficient (Wildman–Crippen LogP) is 4.51. The van der Waals surface area contributed by atoms with Crippen molar-refractivity contribution < 1.29 is 0 Å². The van der Waals surface area contributed by atoms with Crippen molar-refractivity contribution in [2.45, 2.75) is 6.92 Å². The van der Waals surface area contributed by atoms with Gasteiger partial charge in [0.1, 0.15) is 0 Å². The number of para-hydroxylation sites is 1. The van der Waals surface area contributed by atoms with Crippen LogP contribution >= 0.6 is 15.9 Å². The summed E-state index contributed by atoms with van der Waals surface area (Å²) in [5.74, 6) is 0. The van der Waals surface area contributed by atoms with Gasteiger partial charge in [-0.05, 0) is 36.2 Å². The second-order valence-electron chi connectivity index (χ2n) is 3.60. The van der Waals surface area contributed by atoms with Crippen molar-refractivity contribution in [2.75, 3.05) is 0 Å². The molecule has 0 aliphatic heterocycles. The Kier molecular flexibility index (Phi) is 3.52. The van der Waals surface area contributed by atoms with E-state index in [1.807, 2.05) is 36.5 Å². The lowest BCUT2D eigenvalue weighted by Gasteiger charge is -1.98. The molecule has 0 saturated heterocycles. The molecule has 0 atom stereocenters. The zero-order valence-corrected chi connectivity index (χ0v) is 10.6. The molecule has 0 saturated carbocycles. The maximum absolute atomic E-state index is 4.40. The van der Waals surface area contributed by atoms with Gasteiger partial charge in [0.15, 0.2) is 0 Å². The average molecular weight is 274 g/mol. The Labute approximate surface area is 104 Å². The van der Waals surface area contributed by atoms with Crippen molar-refractivity contribution in [3.8, 4) is 0 Å². The molecule has 0 aromatic heterocycles. The maximum atomic E-state index is 4.40. The molecule has 0 fully saturated rings. The number of nitrogens with zero attached hydrogens (tertiary/aromatic N) is 1. The fraction of sp³-hybridized carbons (Fsp3) is 0.0714. The normalized spacial score (nSPS) is 10.9. The first-order valence-electron chi connectivity index (χ1n) is 5.11. The Bertz CT molecular complexity index is 503. The van der Waals surface area contributed by atoms with E-state index in [1.54, 1.807) is 0 Å². The molecule has 2 aromatic rings. The van der Waals surface area contributed by atoms with Crippen LogP contribution in [-0.4, -0.2) is 6.21 Å². The van der Waals surface area contributed by atoms with Crippen molar-refractivity contribution in [2.24, 2.45) is 4.99 Å². The van der Waals surface area contributed by atoms with Crippen LogP contribution in [0.25, 0.3) is 0 Å². The number of aliphatic imine (C=N–C) groups is 1. The highest BCUT2D eigenvalue weighted by Crippen LogP contribution is 2.17. The fourth-order valence-corrected chi connectivity index (χ4v) is 1.75. The summed E-state index contributed by atoms with van der Waals surface area (Å²) in [6.07, 6.45) is 1.87. The highest BCUT2D eigenvalue weighted by atomic mass is 79.9. The molecule has 0 aliphatic rings. The summed E-state index contributed by atoms with van der Waals surface area (Å²) < 4.78 is 1.12. The van der Waals surface area contributed by atoms with Crippen molar-refractivity contribution in [3.63, 3.8) is 0 Å². The van der Waals surface area contributed by atoms with E-state index in [2.05, 4.69) is 46.0 Å². The summed E-state index contributed by atoms with van der Waals surface area (Å²) in [7, 11) is 0. The Morgan fingerprint density at radius 3 is 2.50 bits per heavy atom. The molecule has 0 heterocycles. The Hall–Kier alpha value is -1.41. The first-order chi connectivity index (χ1) is 7.75. The molecule has 0 bridgehead atoms. The standard InChI is InChI=1S/C14H12BrN/c1-11-7-8-12(9-14(11)15)10-16-13-5-3-2-4-6-13/h2-10H,1H3. The average Bonchev–Trinajstić information content (AvgIpc) is 2.32. The van der Waals surface area contributed by atoms with Crippen LogP contribution < -0.4 is 0 Å². The largest absolute Gasteiger partial charge is 0.256 e.